The largest absolute Gasteiger partial charge is 0.456 e. The van der Waals surface area contributed by atoms with Crippen LogP contribution in [0.3, 0.4) is 0 Å². The van der Waals surface area contributed by atoms with Gasteiger partial charge in [0.1, 0.15) is 16.7 Å². The molecule has 0 bridgehead atoms. The van der Waals surface area contributed by atoms with Gasteiger partial charge in [-0.25, -0.2) is 0 Å². The van der Waals surface area contributed by atoms with Crippen molar-refractivity contribution in [3.05, 3.63) is 65.0 Å². The number of aryl methyl sites for hydroxylation is 2. The van der Waals surface area contributed by atoms with Crippen LogP contribution in [0.2, 0.25) is 0 Å². The van der Waals surface area contributed by atoms with E-state index in [-0.39, 0.29) is 0 Å². The molecule has 0 saturated heterocycles. The van der Waals surface area contributed by atoms with Crippen LogP contribution in [0.25, 0.3) is 22.3 Å². The van der Waals surface area contributed by atoms with Gasteiger partial charge in [0.25, 0.3) is 0 Å². The SMILES string of the molecule is Cc1ccc(-c2cc(=NO)c3cc(C)ccc3o2)cc1. The minimum Gasteiger partial charge on any atom is -0.456 e. The summed E-state index contributed by atoms with van der Waals surface area (Å²) in [5.41, 5.74) is 3.96. The second kappa shape index (κ2) is 4.85. The van der Waals surface area contributed by atoms with Gasteiger partial charge in [-0.3, -0.25) is 0 Å². The normalized spacial score (nSPS) is 12.0. The summed E-state index contributed by atoms with van der Waals surface area (Å²) >= 11 is 0. The summed E-state index contributed by atoms with van der Waals surface area (Å²) < 4.78 is 5.91. The molecule has 0 fully saturated rings. The highest BCUT2D eigenvalue weighted by Gasteiger charge is 2.06. The van der Waals surface area contributed by atoms with E-state index in [4.69, 9.17) is 4.42 Å². The lowest BCUT2D eigenvalue weighted by Crippen LogP contribution is -2.03. The Balaban J connectivity index is 2.28. The van der Waals surface area contributed by atoms with Crippen molar-refractivity contribution in [1.29, 1.82) is 0 Å². The fraction of sp³-hybridized carbons (Fsp3) is 0.118. The lowest BCUT2D eigenvalue weighted by atomic mass is 10.1. The van der Waals surface area contributed by atoms with Crippen LogP contribution in [-0.4, -0.2) is 5.21 Å². The topological polar surface area (TPSA) is 45.7 Å². The molecule has 0 aliphatic rings. The molecule has 2 aromatic carbocycles. The van der Waals surface area contributed by atoms with Gasteiger partial charge < -0.3 is 9.62 Å². The van der Waals surface area contributed by atoms with Gasteiger partial charge in [-0.2, -0.15) is 0 Å². The van der Waals surface area contributed by atoms with Gasteiger partial charge in [-0.15, -0.1) is 0 Å². The molecule has 20 heavy (non-hydrogen) atoms. The van der Waals surface area contributed by atoms with Gasteiger partial charge in [0, 0.05) is 17.0 Å². The molecule has 0 unspecified atom stereocenters. The van der Waals surface area contributed by atoms with Gasteiger partial charge in [-0.1, -0.05) is 46.6 Å². The van der Waals surface area contributed by atoms with Crippen LogP contribution in [0.5, 0.6) is 0 Å². The molecule has 3 aromatic rings. The fourth-order valence-electron chi connectivity index (χ4n) is 2.23. The van der Waals surface area contributed by atoms with E-state index >= 15 is 0 Å². The Morgan fingerprint density at radius 2 is 1.60 bits per heavy atom. The monoisotopic (exact) mass is 265 g/mol. The quantitative estimate of drug-likeness (QED) is 0.534. The average molecular weight is 265 g/mol. The molecule has 0 aliphatic carbocycles. The van der Waals surface area contributed by atoms with Crippen molar-refractivity contribution in [3.8, 4) is 11.3 Å². The van der Waals surface area contributed by atoms with E-state index < -0.39 is 0 Å². The summed E-state index contributed by atoms with van der Waals surface area (Å²) in [7, 11) is 0. The summed E-state index contributed by atoms with van der Waals surface area (Å²) in [4.78, 5) is 0. The number of rotatable bonds is 1. The first-order valence-corrected chi connectivity index (χ1v) is 6.47. The van der Waals surface area contributed by atoms with Crippen molar-refractivity contribution < 1.29 is 9.62 Å². The van der Waals surface area contributed by atoms with Gasteiger partial charge >= 0.3 is 0 Å². The standard InChI is InChI=1S/C17H15NO2/c1-11-3-6-13(7-4-11)17-10-15(18-19)14-9-12(2)5-8-16(14)20-17/h3-10,19H,1-2H3. The number of hydrogen-bond acceptors (Lipinski definition) is 3. The lowest BCUT2D eigenvalue weighted by Gasteiger charge is -2.05. The summed E-state index contributed by atoms with van der Waals surface area (Å²) in [6.45, 7) is 4.03. The van der Waals surface area contributed by atoms with Crippen molar-refractivity contribution in [2.24, 2.45) is 5.16 Å². The van der Waals surface area contributed by atoms with Crippen molar-refractivity contribution >= 4 is 11.0 Å². The molecule has 3 heteroatoms. The molecular formula is C17H15NO2. The highest BCUT2D eigenvalue weighted by atomic mass is 16.4. The molecule has 3 nitrogen and oxygen atoms in total. The molecule has 100 valence electrons. The Bertz CT molecular complexity index is 830. The predicted molar refractivity (Wildman–Crippen MR) is 78.5 cm³/mol. The number of hydrogen-bond donors (Lipinski definition) is 1. The highest BCUT2D eigenvalue weighted by molar-refractivity contribution is 5.79. The molecule has 0 saturated carbocycles. The number of nitrogens with zero attached hydrogens (tertiary/aromatic N) is 1. The molecule has 0 aliphatic heterocycles. The third-order valence-electron chi connectivity index (χ3n) is 3.34. The Labute approximate surface area is 116 Å². The minimum absolute atomic E-state index is 0.519. The van der Waals surface area contributed by atoms with E-state index in [1.807, 2.05) is 56.3 Å². The Hall–Kier alpha value is -2.55. The molecular weight excluding hydrogens is 250 g/mol. The van der Waals surface area contributed by atoms with Crippen molar-refractivity contribution in [1.82, 2.24) is 0 Å². The van der Waals surface area contributed by atoms with Crippen LogP contribution in [0.4, 0.5) is 0 Å². The van der Waals surface area contributed by atoms with Gasteiger partial charge in [0.15, 0.2) is 0 Å². The van der Waals surface area contributed by atoms with Crippen LogP contribution in [0.1, 0.15) is 11.1 Å². The third-order valence-corrected chi connectivity index (χ3v) is 3.34. The van der Waals surface area contributed by atoms with E-state index in [2.05, 4.69) is 5.16 Å². The highest BCUT2D eigenvalue weighted by Crippen LogP contribution is 2.23. The van der Waals surface area contributed by atoms with Gasteiger partial charge in [0.2, 0.25) is 0 Å². The van der Waals surface area contributed by atoms with E-state index in [1.165, 1.54) is 5.56 Å². The Kier molecular flexibility index (Phi) is 3.03. The average Bonchev–Trinajstić information content (AvgIpc) is 2.47. The predicted octanol–water partition coefficient (Wildman–Crippen LogP) is 4.01. The maximum atomic E-state index is 9.23. The maximum Gasteiger partial charge on any atom is 0.137 e. The molecule has 3 rings (SSSR count). The Morgan fingerprint density at radius 1 is 0.900 bits per heavy atom. The van der Waals surface area contributed by atoms with Crippen molar-refractivity contribution in [2.45, 2.75) is 13.8 Å². The maximum absolute atomic E-state index is 9.23. The second-order valence-electron chi connectivity index (χ2n) is 4.96. The molecule has 0 radical (unpaired) electrons. The molecule has 0 amide bonds. The van der Waals surface area contributed by atoms with Crippen molar-refractivity contribution in [2.75, 3.05) is 0 Å². The zero-order valence-corrected chi connectivity index (χ0v) is 11.4. The molecule has 1 N–H and O–H groups in total. The van der Waals surface area contributed by atoms with Gasteiger partial charge in [0.05, 0.1) is 0 Å². The van der Waals surface area contributed by atoms with E-state index in [0.29, 0.717) is 16.7 Å². The van der Waals surface area contributed by atoms with Crippen LogP contribution in [0, 0.1) is 13.8 Å². The van der Waals surface area contributed by atoms with Crippen molar-refractivity contribution in [3.63, 3.8) is 0 Å². The minimum atomic E-state index is 0.519. The first kappa shape index (κ1) is 12.5. The van der Waals surface area contributed by atoms with Crippen LogP contribution < -0.4 is 5.36 Å². The van der Waals surface area contributed by atoms with Crippen LogP contribution in [-0.2, 0) is 0 Å². The Morgan fingerprint density at radius 3 is 2.30 bits per heavy atom. The zero-order chi connectivity index (χ0) is 14.1. The fourth-order valence-corrected chi connectivity index (χ4v) is 2.23. The summed E-state index contributed by atoms with van der Waals surface area (Å²) in [5, 5.41) is 13.9. The van der Waals surface area contributed by atoms with Gasteiger partial charge in [-0.05, 0) is 26.0 Å². The molecule has 1 aromatic heterocycles. The van der Waals surface area contributed by atoms with E-state index in [1.54, 1.807) is 6.07 Å². The van der Waals surface area contributed by atoms with Crippen LogP contribution in [0.15, 0.2) is 58.1 Å². The molecule has 0 atom stereocenters. The summed E-state index contributed by atoms with van der Waals surface area (Å²) in [6.07, 6.45) is 0. The first-order chi connectivity index (χ1) is 9.67. The summed E-state index contributed by atoms with van der Waals surface area (Å²) in [5.74, 6) is 0.689. The first-order valence-electron chi connectivity index (χ1n) is 6.47. The molecule has 0 spiro atoms. The molecule has 1 heterocycles. The third kappa shape index (κ3) is 2.18. The number of benzene rings is 2. The summed E-state index contributed by atoms with van der Waals surface area (Å²) in [6, 6.07) is 15.6. The lowest BCUT2D eigenvalue weighted by molar-refractivity contribution is 0.302. The zero-order valence-electron chi connectivity index (χ0n) is 11.4. The van der Waals surface area contributed by atoms with E-state index in [9.17, 15) is 5.21 Å². The second-order valence-corrected chi connectivity index (χ2v) is 4.96. The number of fused-ring (bicyclic) bond motifs is 1. The van der Waals surface area contributed by atoms with Crippen LogP contribution >= 0.6 is 0 Å². The van der Waals surface area contributed by atoms with E-state index in [0.717, 1.165) is 16.5 Å². The smallest absolute Gasteiger partial charge is 0.137 e.